The highest BCUT2D eigenvalue weighted by Crippen LogP contribution is 2.38. The number of ether oxygens (including phenoxy) is 1. The molecule has 3 N–H and O–H groups in total. The van der Waals surface area contributed by atoms with Crippen molar-refractivity contribution in [3.8, 4) is 5.75 Å². The van der Waals surface area contributed by atoms with Crippen molar-refractivity contribution >= 4 is 0 Å². The van der Waals surface area contributed by atoms with Crippen LogP contribution in [0, 0.1) is 5.41 Å². The van der Waals surface area contributed by atoms with Gasteiger partial charge < -0.3 is 4.74 Å². The van der Waals surface area contributed by atoms with E-state index in [1.165, 1.54) is 0 Å². The second-order valence-electron chi connectivity index (χ2n) is 4.53. The highest BCUT2D eigenvalue weighted by Gasteiger charge is 2.31. The Hall–Kier alpha value is -1.13. The van der Waals surface area contributed by atoms with Gasteiger partial charge in [0.15, 0.2) is 0 Å². The van der Waals surface area contributed by atoms with Gasteiger partial charge >= 0.3 is 0 Å². The van der Waals surface area contributed by atoms with Crippen molar-refractivity contribution in [2.24, 2.45) is 11.3 Å². The summed E-state index contributed by atoms with van der Waals surface area (Å²) in [6, 6.07) is 3.74. The Bertz CT molecular complexity index is 339. The summed E-state index contributed by atoms with van der Waals surface area (Å²) in [5.41, 5.74) is 3.73. The van der Waals surface area contributed by atoms with E-state index in [-0.39, 0.29) is 11.5 Å². The summed E-state index contributed by atoms with van der Waals surface area (Å²) < 4.78 is 5.31. The van der Waals surface area contributed by atoms with E-state index >= 15 is 0 Å². The highest BCUT2D eigenvalue weighted by atomic mass is 16.5. The Morgan fingerprint density at radius 1 is 1.56 bits per heavy atom. The van der Waals surface area contributed by atoms with Crippen LogP contribution in [0.1, 0.15) is 38.9 Å². The normalized spacial score (nSPS) is 13.6. The molecule has 0 radical (unpaired) electrons. The number of nitrogens with one attached hydrogen (secondary N) is 1. The van der Waals surface area contributed by atoms with Gasteiger partial charge in [-0.3, -0.25) is 16.3 Å². The maximum Gasteiger partial charge on any atom is 0.142 e. The minimum atomic E-state index is -0.0198. The molecular weight excluding hydrogens is 202 g/mol. The fourth-order valence-electron chi connectivity index (χ4n) is 1.67. The van der Waals surface area contributed by atoms with E-state index in [9.17, 15) is 0 Å². The quantitative estimate of drug-likeness (QED) is 0.592. The molecule has 0 aliphatic carbocycles. The first-order valence-corrected chi connectivity index (χ1v) is 5.51. The molecule has 4 heteroatoms. The van der Waals surface area contributed by atoms with Gasteiger partial charge in [0, 0.05) is 6.20 Å². The first-order chi connectivity index (χ1) is 7.56. The molecule has 0 fully saturated rings. The fraction of sp³-hybridized carbons (Fsp3) is 0.583. The smallest absolute Gasteiger partial charge is 0.142 e. The van der Waals surface area contributed by atoms with Crippen LogP contribution >= 0.6 is 0 Å². The number of hydrazine groups is 1. The highest BCUT2D eigenvalue weighted by molar-refractivity contribution is 5.30. The second-order valence-corrected chi connectivity index (χ2v) is 4.53. The van der Waals surface area contributed by atoms with Crippen LogP contribution in [0.4, 0.5) is 0 Å². The van der Waals surface area contributed by atoms with E-state index in [1.807, 2.05) is 12.1 Å². The lowest BCUT2D eigenvalue weighted by Crippen LogP contribution is -2.38. The zero-order chi connectivity index (χ0) is 12.2. The largest absolute Gasteiger partial charge is 0.495 e. The average Bonchev–Trinajstić information content (AvgIpc) is 2.30. The summed E-state index contributed by atoms with van der Waals surface area (Å²) in [4.78, 5) is 4.37. The Morgan fingerprint density at radius 3 is 2.75 bits per heavy atom. The molecule has 16 heavy (non-hydrogen) atoms. The van der Waals surface area contributed by atoms with E-state index in [0.29, 0.717) is 0 Å². The molecule has 90 valence electrons. The van der Waals surface area contributed by atoms with Crippen molar-refractivity contribution < 1.29 is 4.74 Å². The van der Waals surface area contributed by atoms with E-state index in [0.717, 1.165) is 17.9 Å². The molecule has 0 aromatic carbocycles. The molecule has 0 aliphatic rings. The van der Waals surface area contributed by atoms with Gasteiger partial charge in [0.1, 0.15) is 11.4 Å². The molecule has 0 saturated carbocycles. The zero-order valence-corrected chi connectivity index (χ0v) is 10.4. The summed E-state index contributed by atoms with van der Waals surface area (Å²) in [6.07, 6.45) is 2.76. The van der Waals surface area contributed by atoms with Crippen LogP contribution in [0.5, 0.6) is 5.75 Å². The molecule has 0 saturated heterocycles. The van der Waals surface area contributed by atoms with Crippen molar-refractivity contribution in [3.63, 3.8) is 0 Å². The standard InChI is InChI=1S/C12H21N3O/c1-5-12(2,3)11(15-13)10-9(16-4)7-6-8-14-10/h6-8,11,15H,5,13H2,1-4H3. The molecule has 4 nitrogen and oxygen atoms in total. The van der Waals surface area contributed by atoms with Gasteiger partial charge in [0.25, 0.3) is 0 Å². The van der Waals surface area contributed by atoms with Gasteiger partial charge in [-0.05, 0) is 24.0 Å². The molecule has 1 heterocycles. The molecule has 1 aromatic rings. The van der Waals surface area contributed by atoms with Crippen molar-refractivity contribution in [2.75, 3.05) is 7.11 Å². The number of rotatable bonds is 5. The number of pyridine rings is 1. The molecule has 1 rings (SSSR count). The summed E-state index contributed by atoms with van der Waals surface area (Å²) >= 11 is 0. The minimum Gasteiger partial charge on any atom is -0.495 e. The Balaban J connectivity index is 3.13. The fourth-order valence-corrected chi connectivity index (χ4v) is 1.67. The first-order valence-electron chi connectivity index (χ1n) is 5.51. The number of nitrogens with zero attached hydrogens (tertiary/aromatic N) is 1. The van der Waals surface area contributed by atoms with Gasteiger partial charge in [-0.1, -0.05) is 20.8 Å². The van der Waals surface area contributed by atoms with Crippen molar-refractivity contribution in [3.05, 3.63) is 24.0 Å². The Kier molecular flexibility index (Phi) is 4.26. The predicted molar refractivity (Wildman–Crippen MR) is 64.9 cm³/mol. The Labute approximate surface area is 97.2 Å². The summed E-state index contributed by atoms with van der Waals surface area (Å²) in [7, 11) is 1.65. The van der Waals surface area contributed by atoms with Crippen molar-refractivity contribution in [2.45, 2.75) is 33.2 Å². The third-order valence-electron chi connectivity index (χ3n) is 3.15. The average molecular weight is 223 g/mol. The minimum absolute atomic E-state index is 0.0198. The molecule has 1 aromatic heterocycles. The lowest BCUT2D eigenvalue weighted by atomic mass is 9.80. The van der Waals surface area contributed by atoms with Crippen molar-refractivity contribution in [1.82, 2.24) is 10.4 Å². The topological polar surface area (TPSA) is 60.2 Å². The van der Waals surface area contributed by atoms with Gasteiger partial charge in [-0.2, -0.15) is 0 Å². The van der Waals surface area contributed by atoms with E-state index in [4.69, 9.17) is 10.6 Å². The van der Waals surface area contributed by atoms with Crippen LogP contribution in [0.2, 0.25) is 0 Å². The number of aromatic nitrogens is 1. The van der Waals surface area contributed by atoms with Gasteiger partial charge in [0.05, 0.1) is 13.2 Å². The molecule has 1 atom stereocenters. The first kappa shape index (κ1) is 12.9. The van der Waals surface area contributed by atoms with E-state index in [2.05, 4.69) is 31.2 Å². The van der Waals surface area contributed by atoms with Gasteiger partial charge in [-0.15, -0.1) is 0 Å². The monoisotopic (exact) mass is 223 g/mol. The number of hydrogen-bond acceptors (Lipinski definition) is 4. The van der Waals surface area contributed by atoms with E-state index < -0.39 is 0 Å². The summed E-state index contributed by atoms with van der Waals surface area (Å²) in [6.45, 7) is 6.46. The van der Waals surface area contributed by atoms with Crippen LogP contribution in [-0.2, 0) is 0 Å². The lowest BCUT2D eigenvalue weighted by molar-refractivity contribution is 0.225. The summed E-state index contributed by atoms with van der Waals surface area (Å²) in [5.74, 6) is 6.41. The maximum atomic E-state index is 5.64. The third kappa shape index (κ3) is 2.51. The van der Waals surface area contributed by atoms with Crippen LogP contribution in [0.3, 0.4) is 0 Å². The molecular formula is C12H21N3O. The van der Waals surface area contributed by atoms with Crippen LogP contribution in [0.25, 0.3) is 0 Å². The predicted octanol–water partition coefficient (Wildman–Crippen LogP) is 2.03. The third-order valence-corrected chi connectivity index (χ3v) is 3.15. The lowest BCUT2D eigenvalue weighted by Gasteiger charge is -2.33. The van der Waals surface area contributed by atoms with Crippen LogP contribution in [0.15, 0.2) is 18.3 Å². The second kappa shape index (κ2) is 5.27. The molecule has 0 aliphatic heterocycles. The van der Waals surface area contributed by atoms with Crippen molar-refractivity contribution in [1.29, 1.82) is 0 Å². The molecule has 0 amide bonds. The molecule has 0 bridgehead atoms. The summed E-state index contributed by atoms with van der Waals surface area (Å²) in [5, 5.41) is 0. The molecule has 0 spiro atoms. The van der Waals surface area contributed by atoms with E-state index in [1.54, 1.807) is 13.3 Å². The number of nitrogens with two attached hydrogens (primary N) is 1. The van der Waals surface area contributed by atoms with Gasteiger partial charge in [0.2, 0.25) is 0 Å². The molecule has 1 unspecified atom stereocenters. The van der Waals surface area contributed by atoms with Gasteiger partial charge in [-0.25, -0.2) is 0 Å². The van der Waals surface area contributed by atoms with Crippen LogP contribution in [-0.4, -0.2) is 12.1 Å². The SMILES string of the molecule is CCC(C)(C)C(NN)c1ncccc1OC. The van der Waals surface area contributed by atoms with Crippen LogP contribution < -0.4 is 16.0 Å². The number of methoxy groups -OCH3 is 1. The Morgan fingerprint density at radius 2 is 2.25 bits per heavy atom. The maximum absolute atomic E-state index is 5.64. The zero-order valence-electron chi connectivity index (χ0n) is 10.4. The number of hydrogen-bond donors (Lipinski definition) is 2.